The zero-order valence-corrected chi connectivity index (χ0v) is 11.5. The molecule has 0 amide bonds. The van der Waals surface area contributed by atoms with Crippen LogP contribution < -0.4 is 10.3 Å². The average molecular weight is 258 g/mol. The van der Waals surface area contributed by atoms with Crippen LogP contribution in [0, 0.1) is 0 Å². The fraction of sp³-hybridized carbons (Fsp3) is 0.333. The van der Waals surface area contributed by atoms with Gasteiger partial charge in [0.1, 0.15) is 5.75 Å². The van der Waals surface area contributed by atoms with Gasteiger partial charge in [0.15, 0.2) is 0 Å². The predicted molar refractivity (Wildman–Crippen MR) is 75.5 cm³/mol. The molecule has 0 unspecified atom stereocenters. The van der Waals surface area contributed by atoms with E-state index in [-0.39, 0.29) is 11.6 Å². The van der Waals surface area contributed by atoms with Crippen molar-refractivity contribution in [2.24, 2.45) is 0 Å². The average Bonchev–Trinajstić information content (AvgIpc) is 2.40. The van der Waals surface area contributed by atoms with Crippen LogP contribution in [0.4, 0.5) is 0 Å². The van der Waals surface area contributed by atoms with Crippen molar-refractivity contribution in [2.75, 3.05) is 6.61 Å². The Morgan fingerprint density at radius 1 is 1.16 bits per heavy atom. The Labute approximate surface area is 112 Å². The summed E-state index contributed by atoms with van der Waals surface area (Å²) in [6.07, 6.45) is 0. The van der Waals surface area contributed by atoms with E-state index in [0.29, 0.717) is 6.61 Å². The summed E-state index contributed by atoms with van der Waals surface area (Å²) in [7, 11) is 0. The summed E-state index contributed by atoms with van der Waals surface area (Å²) in [4.78, 5) is 11.7. The summed E-state index contributed by atoms with van der Waals surface area (Å²) >= 11 is 0. The van der Waals surface area contributed by atoms with E-state index < -0.39 is 0 Å². The monoisotopic (exact) mass is 258 g/mol. The molecule has 2 aromatic rings. The molecule has 0 spiro atoms. The lowest BCUT2D eigenvalue weighted by atomic mass is 10.1. The molecule has 0 bridgehead atoms. The van der Waals surface area contributed by atoms with Crippen LogP contribution in [0.15, 0.2) is 41.2 Å². The molecule has 1 heterocycles. The SMILES string of the molecule is CCOc1ccc(-c2ccc(=O)n(C(C)C)n2)cc1. The van der Waals surface area contributed by atoms with Crippen LogP contribution in [0.2, 0.25) is 0 Å². The first kappa shape index (κ1) is 13.3. The molecule has 0 N–H and O–H groups in total. The van der Waals surface area contributed by atoms with Gasteiger partial charge >= 0.3 is 0 Å². The lowest BCUT2D eigenvalue weighted by Crippen LogP contribution is -2.23. The van der Waals surface area contributed by atoms with Gasteiger partial charge in [-0.05, 0) is 51.1 Å². The van der Waals surface area contributed by atoms with E-state index in [0.717, 1.165) is 17.0 Å². The molecule has 1 aromatic carbocycles. The Morgan fingerprint density at radius 2 is 1.84 bits per heavy atom. The highest BCUT2D eigenvalue weighted by molar-refractivity contribution is 5.59. The lowest BCUT2D eigenvalue weighted by molar-refractivity contribution is 0.340. The molecular weight excluding hydrogens is 240 g/mol. The molecule has 0 saturated heterocycles. The largest absolute Gasteiger partial charge is 0.494 e. The summed E-state index contributed by atoms with van der Waals surface area (Å²) in [5, 5.41) is 4.38. The second-order valence-electron chi connectivity index (χ2n) is 4.55. The minimum absolute atomic E-state index is 0.0511. The van der Waals surface area contributed by atoms with Crippen LogP contribution in [0.25, 0.3) is 11.3 Å². The van der Waals surface area contributed by atoms with Gasteiger partial charge in [-0.25, -0.2) is 4.68 Å². The second kappa shape index (κ2) is 5.69. The van der Waals surface area contributed by atoms with Crippen molar-refractivity contribution in [3.8, 4) is 17.0 Å². The van der Waals surface area contributed by atoms with Gasteiger partial charge in [0.2, 0.25) is 0 Å². The molecule has 4 nitrogen and oxygen atoms in total. The maximum absolute atomic E-state index is 11.7. The highest BCUT2D eigenvalue weighted by Gasteiger charge is 2.06. The van der Waals surface area contributed by atoms with Crippen molar-refractivity contribution in [2.45, 2.75) is 26.8 Å². The Kier molecular flexibility index (Phi) is 4.00. The van der Waals surface area contributed by atoms with Crippen LogP contribution in [0.3, 0.4) is 0 Å². The molecule has 100 valence electrons. The molecule has 2 rings (SSSR count). The maximum Gasteiger partial charge on any atom is 0.267 e. The van der Waals surface area contributed by atoms with Crippen LogP contribution in [0.5, 0.6) is 5.75 Å². The van der Waals surface area contributed by atoms with Gasteiger partial charge in [0.05, 0.1) is 18.3 Å². The number of hydrogen-bond acceptors (Lipinski definition) is 3. The van der Waals surface area contributed by atoms with Gasteiger partial charge in [0.25, 0.3) is 5.56 Å². The first-order valence-electron chi connectivity index (χ1n) is 6.45. The molecule has 0 aliphatic carbocycles. The van der Waals surface area contributed by atoms with Gasteiger partial charge in [-0.2, -0.15) is 5.10 Å². The van der Waals surface area contributed by atoms with Crippen molar-refractivity contribution < 1.29 is 4.74 Å². The topological polar surface area (TPSA) is 44.1 Å². The van der Waals surface area contributed by atoms with Crippen molar-refractivity contribution in [3.05, 3.63) is 46.8 Å². The van der Waals surface area contributed by atoms with Crippen molar-refractivity contribution in [1.29, 1.82) is 0 Å². The Balaban J connectivity index is 2.36. The van der Waals surface area contributed by atoms with Gasteiger partial charge in [-0.3, -0.25) is 4.79 Å². The first-order chi connectivity index (χ1) is 9.11. The Morgan fingerprint density at radius 3 is 2.42 bits per heavy atom. The van der Waals surface area contributed by atoms with Crippen LogP contribution in [0.1, 0.15) is 26.8 Å². The highest BCUT2D eigenvalue weighted by atomic mass is 16.5. The van der Waals surface area contributed by atoms with E-state index in [1.807, 2.05) is 45.0 Å². The number of benzene rings is 1. The Bertz CT molecular complexity index is 600. The van der Waals surface area contributed by atoms with E-state index in [1.54, 1.807) is 12.1 Å². The molecule has 0 saturated carbocycles. The zero-order valence-electron chi connectivity index (χ0n) is 11.5. The minimum atomic E-state index is -0.0790. The molecular formula is C15H18N2O2. The summed E-state index contributed by atoms with van der Waals surface area (Å²) in [6.45, 7) is 6.48. The number of hydrogen-bond donors (Lipinski definition) is 0. The lowest BCUT2D eigenvalue weighted by Gasteiger charge is -2.10. The van der Waals surface area contributed by atoms with Crippen LogP contribution >= 0.6 is 0 Å². The number of ether oxygens (including phenoxy) is 1. The van der Waals surface area contributed by atoms with E-state index in [1.165, 1.54) is 4.68 Å². The third kappa shape index (κ3) is 3.02. The number of rotatable bonds is 4. The third-order valence-corrected chi connectivity index (χ3v) is 2.78. The van der Waals surface area contributed by atoms with Crippen molar-refractivity contribution >= 4 is 0 Å². The minimum Gasteiger partial charge on any atom is -0.494 e. The van der Waals surface area contributed by atoms with Gasteiger partial charge < -0.3 is 4.74 Å². The fourth-order valence-electron chi connectivity index (χ4n) is 1.84. The van der Waals surface area contributed by atoms with E-state index >= 15 is 0 Å². The molecule has 0 aliphatic rings. The zero-order chi connectivity index (χ0) is 13.8. The molecule has 0 radical (unpaired) electrons. The summed E-state index contributed by atoms with van der Waals surface area (Å²) in [5.74, 6) is 0.837. The number of aromatic nitrogens is 2. The van der Waals surface area contributed by atoms with Crippen LogP contribution in [-0.2, 0) is 0 Å². The highest BCUT2D eigenvalue weighted by Crippen LogP contribution is 2.20. The standard InChI is InChI=1S/C15H18N2O2/c1-4-19-13-7-5-12(6-8-13)14-9-10-15(18)17(16-14)11(2)3/h5-11H,4H2,1-3H3. The molecule has 1 aromatic heterocycles. The summed E-state index contributed by atoms with van der Waals surface area (Å²) in [5.41, 5.74) is 1.68. The molecule has 0 atom stereocenters. The normalized spacial score (nSPS) is 10.7. The maximum atomic E-state index is 11.7. The number of nitrogens with zero attached hydrogens (tertiary/aromatic N) is 2. The predicted octanol–water partition coefficient (Wildman–Crippen LogP) is 2.89. The molecule has 19 heavy (non-hydrogen) atoms. The Hall–Kier alpha value is -2.10. The second-order valence-corrected chi connectivity index (χ2v) is 4.55. The quantitative estimate of drug-likeness (QED) is 0.847. The third-order valence-electron chi connectivity index (χ3n) is 2.78. The molecule has 4 heteroatoms. The van der Waals surface area contributed by atoms with Crippen LogP contribution in [-0.4, -0.2) is 16.4 Å². The molecule has 0 fully saturated rings. The fourth-order valence-corrected chi connectivity index (χ4v) is 1.84. The molecule has 0 aliphatic heterocycles. The first-order valence-corrected chi connectivity index (χ1v) is 6.45. The van der Waals surface area contributed by atoms with Gasteiger partial charge in [-0.1, -0.05) is 0 Å². The van der Waals surface area contributed by atoms with Gasteiger partial charge in [0, 0.05) is 11.6 Å². The van der Waals surface area contributed by atoms with E-state index in [9.17, 15) is 4.79 Å². The van der Waals surface area contributed by atoms with Gasteiger partial charge in [-0.15, -0.1) is 0 Å². The van der Waals surface area contributed by atoms with Crippen molar-refractivity contribution in [1.82, 2.24) is 9.78 Å². The van der Waals surface area contributed by atoms with E-state index in [2.05, 4.69) is 5.10 Å². The van der Waals surface area contributed by atoms with E-state index in [4.69, 9.17) is 4.74 Å². The summed E-state index contributed by atoms with van der Waals surface area (Å²) in [6, 6.07) is 11.1. The van der Waals surface area contributed by atoms with Crippen molar-refractivity contribution in [3.63, 3.8) is 0 Å². The smallest absolute Gasteiger partial charge is 0.267 e. The summed E-state index contributed by atoms with van der Waals surface area (Å²) < 4.78 is 6.89.